The zero-order valence-corrected chi connectivity index (χ0v) is 11.1. The van der Waals surface area contributed by atoms with Gasteiger partial charge < -0.3 is 5.32 Å². The van der Waals surface area contributed by atoms with E-state index in [1.165, 1.54) is 23.3 Å². The Morgan fingerprint density at radius 2 is 1.58 bits per heavy atom. The van der Waals surface area contributed by atoms with Crippen molar-refractivity contribution in [2.75, 3.05) is 5.32 Å². The minimum absolute atomic E-state index is 0.184. The molecule has 1 fully saturated rings. The summed E-state index contributed by atoms with van der Waals surface area (Å²) < 4.78 is 12.8. The van der Waals surface area contributed by atoms with Crippen molar-refractivity contribution in [3.63, 3.8) is 0 Å². The zero-order valence-electron chi connectivity index (χ0n) is 11.1. The van der Waals surface area contributed by atoms with E-state index in [1.54, 1.807) is 12.1 Å². The van der Waals surface area contributed by atoms with Crippen LogP contribution in [0.15, 0.2) is 48.5 Å². The smallest absolute Gasteiger partial charge is 0.123 e. The Hall–Kier alpha value is -1.83. The van der Waals surface area contributed by atoms with Crippen LogP contribution in [-0.4, -0.2) is 6.04 Å². The molecule has 0 saturated heterocycles. The summed E-state index contributed by atoms with van der Waals surface area (Å²) >= 11 is 0. The van der Waals surface area contributed by atoms with Crippen LogP contribution in [0, 0.1) is 12.7 Å². The second-order valence-electron chi connectivity index (χ2n) is 5.43. The summed E-state index contributed by atoms with van der Waals surface area (Å²) in [5.41, 5.74) is 3.75. The van der Waals surface area contributed by atoms with Gasteiger partial charge in [0, 0.05) is 11.7 Å². The third kappa shape index (κ3) is 2.78. The molecule has 2 heteroatoms. The number of hydrogen-bond acceptors (Lipinski definition) is 1. The first-order valence-electron chi connectivity index (χ1n) is 6.79. The molecule has 0 heterocycles. The Labute approximate surface area is 113 Å². The predicted octanol–water partition coefficient (Wildman–Crippen LogP) is 4.49. The van der Waals surface area contributed by atoms with E-state index >= 15 is 0 Å². The van der Waals surface area contributed by atoms with E-state index in [4.69, 9.17) is 0 Å². The maximum Gasteiger partial charge on any atom is 0.123 e. The van der Waals surface area contributed by atoms with Crippen LogP contribution in [0.5, 0.6) is 0 Å². The lowest BCUT2D eigenvalue weighted by Crippen LogP contribution is -2.33. The first-order valence-corrected chi connectivity index (χ1v) is 6.79. The highest BCUT2D eigenvalue weighted by atomic mass is 19.1. The maximum absolute atomic E-state index is 12.8. The molecule has 1 N–H and O–H groups in total. The van der Waals surface area contributed by atoms with Gasteiger partial charge in [0.25, 0.3) is 0 Å². The molecule has 0 unspecified atom stereocenters. The molecule has 0 atom stereocenters. The Bertz CT molecular complexity index is 538. The average Bonchev–Trinajstić information content (AvgIpc) is 2.37. The first-order chi connectivity index (χ1) is 9.20. The summed E-state index contributed by atoms with van der Waals surface area (Å²) in [6.45, 7) is 2.11. The van der Waals surface area contributed by atoms with Gasteiger partial charge in [0.05, 0.1) is 0 Å². The van der Waals surface area contributed by atoms with Gasteiger partial charge in [0.15, 0.2) is 0 Å². The minimum Gasteiger partial charge on any atom is -0.382 e. The summed E-state index contributed by atoms with van der Waals surface area (Å²) in [6, 6.07) is 15.9. The quantitative estimate of drug-likeness (QED) is 0.852. The van der Waals surface area contributed by atoms with Gasteiger partial charge in [-0.25, -0.2) is 4.39 Å². The molecular formula is C17H18FN. The van der Waals surface area contributed by atoms with E-state index in [0.29, 0.717) is 12.0 Å². The standard InChI is InChI=1S/C17H18FN/c1-12-2-4-13(5-3-12)14-10-17(11-14)19-16-8-6-15(18)7-9-16/h2-9,14,17,19H,10-11H2,1H3. The molecule has 0 amide bonds. The van der Waals surface area contributed by atoms with Gasteiger partial charge in [-0.15, -0.1) is 0 Å². The maximum atomic E-state index is 12.8. The van der Waals surface area contributed by atoms with Crippen molar-refractivity contribution in [1.29, 1.82) is 0 Å². The summed E-state index contributed by atoms with van der Waals surface area (Å²) in [4.78, 5) is 0. The lowest BCUT2D eigenvalue weighted by atomic mass is 9.75. The summed E-state index contributed by atoms with van der Waals surface area (Å²) in [5.74, 6) is 0.482. The van der Waals surface area contributed by atoms with E-state index in [0.717, 1.165) is 18.5 Å². The topological polar surface area (TPSA) is 12.0 Å². The second-order valence-corrected chi connectivity index (χ2v) is 5.43. The molecule has 1 saturated carbocycles. The molecule has 0 bridgehead atoms. The number of halogens is 1. The van der Waals surface area contributed by atoms with Crippen LogP contribution in [-0.2, 0) is 0 Å². The van der Waals surface area contributed by atoms with Crippen molar-refractivity contribution in [3.8, 4) is 0 Å². The third-order valence-corrected chi connectivity index (χ3v) is 3.90. The molecule has 1 nitrogen and oxygen atoms in total. The van der Waals surface area contributed by atoms with Gasteiger partial charge in [-0.2, -0.15) is 0 Å². The largest absolute Gasteiger partial charge is 0.382 e. The molecule has 2 aromatic rings. The number of nitrogens with one attached hydrogen (secondary N) is 1. The summed E-state index contributed by atoms with van der Waals surface area (Å²) in [6.07, 6.45) is 2.31. The van der Waals surface area contributed by atoms with Crippen LogP contribution in [0.3, 0.4) is 0 Å². The minimum atomic E-state index is -0.184. The SMILES string of the molecule is Cc1ccc(C2CC(Nc3ccc(F)cc3)C2)cc1. The average molecular weight is 255 g/mol. The van der Waals surface area contributed by atoms with Gasteiger partial charge in [-0.05, 0) is 55.5 Å². The fourth-order valence-electron chi connectivity index (χ4n) is 2.63. The zero-order chi connectivity index (χ0) is 13.2. The number of hydrogen-bond donors (Lipinski definition) is 1. The molecule has 0 spiro atoms. The Kier molecular flexibility index (Phi) is 3.24. The van der Waals surface area contributed by atoms with Crippen molar-refractivity contribution >= 4 is 5.69 Å². The van der Waals surface area contributed by atoms with E-state index in [-0.39, 0.29) is 5.82 Å². The van der Waals surface area contributed by atoms with Gasteiger partial charge in [0.1, 0.15) is 5.82 Å². The molecule has 2 aromatic carbocycles. The molecule has 3 rings (SSSR count). The molecule has 1 aliphatic rings. The Morgan fingerprint density at radius 3 is 2.21 bits per heavy atom. The van der Waals surface area contributed by atoms with Gasteiger partial charge in [-0.3, -0.25) is 0 Å². The normalized spacial score (nSPS) is 21.8. The Balaban J connectivity index is 1.55. The van der Waals surface area contributed by atoms with Crippen LogP contribution >= 0.6 is 0 Å². The first kappa shape index (κ1) is 12.2. The molecule has 19 heavy (non-hydrogen) atoms. The lowest BCUT2D eigenvalue weighted by molar-refractivity contribution is 0.374. The van der Waals surface area contributed by atoms with Gasteiger partial charge >= 0.3 is 0 Å². The fraction of sp³-hybridized carbons (Fsp3) is 0.294. The van der Waals surface area contributed by atoms with Gasteiger partial charge in [-0.1, -0.05) is 29.8 Å². The molecule has 0 aliphatic heterocycles. The fourth-order valence-corrected chi connectivity index (χ4v) is 2.63. The highest BCUT2D eigenvalue weighted by Gasteiger charge is 2.29. The molecular weight excluding hydrogens is 237 g/mol. The monoisotopic (exact) mass is 255 g/mol. The summed E-state index contributed by atoms with van der Waals surface area (Å²) in [7, 11) is 0. The van der Waals surface area contributed by atoms with E-state index in [9.17, 15) is 4.39 Å². The van der Waals surface area contributed by atoms with Crippen LogP contribution in [0.4, 0.5) is 10.1 Å². The molecule has 1 aliphatic carbocycles. The van der Waals surface area contributed by atoms with Crippen molar-refractivity contribution in [2.24, 2.45) is 0 Å². The van der Waals surface area contributed by atoms with E-state index < -0.39 is 0 Å². The van der Waals surface area contributed by atoms with Crippen LogP contribution in [0.2, 0.25) is 0 Å². The molecule has 0 radical (unpaired) electrons. The van der Waals surface area contributed by atoms with Crippen molar-refractivity contribution in [1.82, 2.24) is 0 Å². The second kappa shape index (κ2) is 5.04. The van der Waals surface area contributed by atoms with Gasteiger partial charge in [0.2, 0.25) is 0 Å². The van der Waals surface area contributed by atoms with Crippen LogP contribution in [0.1, 0.15) is 29.9 Å². The van der Waals surface area contributed by atoms with Crippen LogP contribution < -0.4 is 5.32 Å². The highest BCUT2D eigenvalue weighted by molar-refractivity contribution is 5.45. The number of rotatable bonds is 3. The predicted molar refractivity (Wildman–Crippen MR) is 77.0 cm³/mol. The highest BCUT2D eigenvalue weighted by Crippen LogP contribution is 2.38. The molecule has 98 valence electrons. The lowest BCUT2D eigenvalue weighted by Gasteiger charge is -2.37. The summed E-state index contributed by atoms with van der Waals surface area (Å²) in [5, 5.41) is 3.45. The van der Waals surface area contributed by atoms with Crippen molar-refractivity contribution in [2.45, 2.75) is 31.7 Å². The van der Waals surface area contributed by atoms with Crippen molar-refractivity contribution < 1.29 is 4.39 Å². The molecule has 0 aromatic heterocycles. The number of aryl methyl sites for hydroxylation is 1. The number of benzene rings is 2. The van der Waals surface area contributed by atoms with Crippen LogP contribution in [0.25, 0.3) is 0 Å². The Morgan fingerprint density at radius 1 is 0.947 bits per heavy atom. The van der Waals surface area contributed by atoms with Crippen molar-refractivity contribution in [3.05, 3.63) is 65.5 Å². The van der Waals surface area contributed by atoms with E-state index in [2.05, 4.69) is 36.5 Å². The third-order valence-electron chi connectivity index (χ3n) is 3.90. The van der Waals surface area contributed by atoms with E-state index in [1.807, 2.05) is 0 Å². The number of anilines is 1.